The topological polar surface area (TPSA) is 68.0 Å². The molecule has 22 heavy (non-hydrogen) atoms. The van der Waals surface area contributed by atoms with Gasteiger partial charge in [-0.1, -0.05) is 18.2 Å². The summed E-state index contributed by atoms with van der Waals surface area (Å²) in [6.45, 7) is 0. The highest BCUT2D eigenvalue weighted by Crippen LogP contribution is 2.65. The lowest BCUT2D eigenvalue weighted by molar-refractivity contribution is -0.116. The number of likely N-dealkylation sites (tertiary alicyclic amines) is 1. The van der Waals surface area contributed by atoms with Gasteiger partial charge in [0.15, 0.2) is 0 Å². The Kier molecular flexibility index (Phi) is 2.85. The van der Waals surface area contributed by atoms with Gasteiger partial charge in [-0.15, -0.1) is 0 Å². The summed E-state index contributed by atoms with van der Waals surface area (Å²) in [5.41, 5.74) is 1.92. The molecule has 0 aromatic heterocycles. The summed E-state index contributed by atoms with van der Waals surface area (Å²) < 4.78 is 0. The van der Waals surface area contributed by atoms with Crippen molar-refractivity contribution in [2.24, 2.45) is 5.92 Å². The number of piperidine rings is 1. The van der Waals surface area contributed by atoms with Crippen LogP contribution in [0.3, 0.4) is 0 Å². The summed E-state index contributed by atoms with van der Waals surface area (Å²) in [6.07, 6.45) is 3.51. The molecule has 1 heterocycles. The van der Waals surface area contributed by atoms with E-state index < -0.39 is 0 Å². The van der Waals surface area contributed by atoms with Gasteiger partial charge in [0.1, 0.15) is 5.71 Å². The Morgan fingerprint density at radius 2 is 2.18 bits per heavy atom. The van der Waals surface area contributed by atoms with Gasteiger partial charge in [-0.25, -0.2) is 0 Å². The van der Waals surface area contributed by atoms with Crippen molar-refractivity contribution >= 4 is 17.3 Å². The molecule has 0 bridgehead atoms. The number of rotatable bonds is 4. The largest absolute Gasteiger partial charge is 0.388 e. The summed E-state index contributed by atoms with van der Waals surface area (Å²) >= 11 is 0. The second-order valence-electron chi connectivity index (χ2n) is 6.75. The van der Waals surface area contributed by atoms with E-state index in [4.69, 9.17) is 5.41 Å². The minimum atomic E-state index is -0.251. The third-order valence-corrected chi connectivity index (χ3v) is 6.10. The summed E-state index contributed by atoms with van der Waals surface area (Å²) in [5, 5.41) is 14.4. The molecule has 1 aromatic carbocycles. The molecular weight excluding hydrogens is 276 g/mol. The highest BCUT2D eigenvalue weighted by atomic mass is 16.1. The van der Waals surface area contributed by atoms with Crippen LogP contribution in [-0.2, 0) is 4.79 Å². The lowest BCUT2D eigenvalue weighted by atomic mass is 9.72. The van der Waals surface area contributed by atoms with Gasteiger partial charge in [0.2, 0.25) is 0 Å². The summed E-state index contributed by atoms with van der Waals surface area (Å²) in [7, 11) is 4.00. The molecule has 5 atom stereocenters. The maximum absolute atomic E-state index is 12.5. The van der Waals surface area contributed by atoms with E-state index in [2.05, 4.69) is 22.6 Å². The van der Waals surface area contributed by atoms with Gasteiger partial charge < -0.3 is 10.6 Å². The zero-order valence-electron chi connectivity index (χ0n) is 13.0. The molecule has 1 aliphatic heterocycles. The van der Waals surface area contributed by atoms with Crippen molar-refractivity contribution in [1.29, 1.82) is 5.41 Å². The van der Waals surface area contributed by atoms with E-state index in [9.17, 15) is 4.79 Å². The normalized spacial score (nSPS) is 37.5. The second-order valence-corrected chi connectivity index (χ2v) is 6.75. The minimum absolute atomic E-state index is 0.0484. The first-order valence-electron chi connectivity index (χ1n) is 7.99. The van der Waals surface area contributed by atoms with Crippen LogP contribution in [0.4, 0.5) is 5.69 Å². The van der Waals surface area contributed by atoms with Crippen molar-refractivity contribution in [1.82, 2.24) is 10.2 Å². The third-order valence-electron chi connectivity index (χ3n) is 6.10. The quantitative estimate of drug-likeness (QED) is 0.582. The molecule has 5 unspecified atom stereocenters. The molecule has 1 aromatic rings. The van der Waals surface area contributed by atoms with Crippen molar-refractivity contribution in [3.63, 3.8) is 0 Å². The molecule has 3 N–H and O–H groups in total. The van der Waals surface area contributed by atoms with Crippen LogP contribution in [0.15, 0.2) is 24.3 Å². The van der Waals surface area contributed by atoms with Crippen molar-refractivity contribution < 1.29 is 4.79 Å². The number of carbonyl (C=O) groups is 1. The number of likely N-dealkylation sites (N-methyl/N-ethyl adjacent to an activating group) is 1. The molecule has 3 fully saturated rings. The van der Waals surface area contributed by atoms with Gasteiger partial charge in [0, 0.05) is 35.9 Å². The molecule has 3 aliphatic rings. The SMILES string of the molecule is CNc1ccccc1C(=N)C(=O)NC1CC2N(C)C23CCC13. The van der Waals surface area contributed by atoms with E-state index in [0.717, 1.165) is 12.1 Å². The Hall–Kier alpha value is -1.88. The Morgan fingerprint density at radius 3 is 2.82 bits per heavy atom. The van der Waals surface area contributed by atoms with Crippen LogP contribution in [-0.4, -0.2) is 48.2 Å². The van der Waals surface area contributed by atoms with E-state index in [1.165, 1.54) is 12.8 Å². The fraction of sp³-hybridized carbons (Fsp3) is 0.529. The van der Waals surface area contributed by atoms with E-state index in [1.54, 1.807) is 0 Å². The van der Waals surface area contributed by atoms with Gasteiger partial charge in [0.05, 0.1) is 0 Å². The van der Waals surface area contributed by atoms with Crippen LogP contribution >= 0.6 is 0 Å². The third kappa shape index (κ3) is 1.63. The monoisotopic (exact) mass is 298 g/mol. The highest BCUT2D eigenvalue weighted by Gasteiger charge is 2.75. The van der Waals surface area contributed by atoms with E-state index in [1.807, 2.05) is 31.3 Å². The average molecular weight is 298 g/mol. The number of benzene rings is 1. The van der Waals surface area contributed by atoms with Gasteiger partial charge in [-0.05, 0) is 38.3 Å². The molecule has 4 rings (SSSR count). The molecule has 0 radical (unpaired) electrons. The fourth-order valence-corrected chi connectivity index (χ4v) is 4.78. The molecule has 1 spiro atoms. The van der Waals surface area contributed by atoms with Crippen LogP contribution in [0.1, 0.15) is 24.8 Å². The number of carbonyl (C=O) groups excluding carboxylic acids is 1. The van der Waals surface area contributed by atoms with Gasteiger partial charge in [0.25, 0.3) is 5.91 Å². The van der Waals surface area contributed by atoms with Gasteiger partial charge in [-0.2, -0.15) is 0 Å². The number of hydrogen-bond donors (Lipinski definition) is 3. The van der Waals surface area contributed by atoms with Crippen molar-refractivity contribution in [2.75, 3.05) is 19.4 Å². The van der Waals surface area contributed by atoms with E-state index >= 15 is 0 Å². The molecule has 5 heteroatoms. The summed E-state index contributed by atoms with van der Waals surface area (Å²) in [5.74, 6) is 0.331. The van der Waals surface area contributed by atoms with Crippen LogP contribution in [0.25, 0.3) is 0 Å². The number of para-hydroxylation sites is 1. The molecule has 116 valence electrons. The lowest BCUT2D eigenvalue weighted by Gasteiger charge is -2.39. The zero-order valence-corrected chi connectivity index (χ0v) is 13.0. The summed E-state index contributed by atoms with van der Waals surface area (Å²) in [4.78, 5) is 14.9. The van der Waals surface area contributed by atoms with Crippen LogP contribution < -0.4 is 10.6 Å². The van der Waals surface area contributed by atoms with Gasteiger partial charge >= 0.3 is 0 Å². The number of hydrogen-bond acceptors (Lipinski definition) is 4. The van der Waals surface area contributed by atoms with Crippen LogP contribution in [0.2, 0.25) is 0 Å². The van der Waals surface area contributed by atoms with E-state index in [-0.39, 0.29) is 17.7 Å². The predicted molar refractivity (Wildman–Crippen MR) is 86.4 cm³/mol. The Balaban J connectivity index is 1.46. The first-order chi connectivity index (χ1) is 10.6. The average Bonchev–Trinajstić information content (AvgIpc) is 3.03. The van der Waals surface area contributed by atoms with Crippen molar-refractivity contribution in [3.05, 3.63) is 29.8 Å². The lowest BCUT2D eigenvalue weighted by Crippen LogP contribution is -2.51. The maximum atomic E-state index is 12.5. The zero-order chi connectivity index (χ0) is 15.5. The first-order valence-corrected chi connectivity index (χ1v) is 7.99. The smallest absolute Gasteiger partial charge is 0.270 e. The highest BCUT2D eigenvalue weighted by molar-refractivity contribution is 6.45. The Morgan fingerprint density at radius 1 is 1.41 bits per heavy atom. The standard InChI is InChI=1S/C17H22N4O/c1-19-12-6-4-3-5-10(12)15(18)16(22)20-13-9-14-17(21(14)2)8-7-11(13)17/h3-6,11,13-14,18-19H,7-9H2,1-2H3,(H,20,22). The number of nitrogens with one attached hydrogen (secondary N) is 3. The summed E-state index contributed by atoms with van der Waals surface area (Å²) in [6, 6.07) is 8.35. The van der Waals surface area contributed by atoms with Crippen molar-refractivity contribution in [2.45, 2.75) is 36.9 Å². The molecule has 1 amide bonds. The van der Waals surface area contributed by atoms with Crippen LogP contribution in [0, 0.1) is 11.3 Å². The fourth-order valence-electron chi connectivity index (χ4n) is 4.78. The predicted octanol–water partition coefficient (Wildman–Crippen LogP) is 1.45. The molecule has 1 saturated heterocycles. The molecular formula is C17H22N4O. The number of anilines is 1. The van der Waals surface area contributed by atoms with Gasteiger partial charge in [-0.3, -0.25) is 15.1 Å². The molecule has 2 saturated carbocycles. The maximum Gasteiger partial charge on any atom is 0.270 e. The van der Waals surface area contributed by atoms with Crippen molar-refractivity contribution in [3.8, 4) is 0 Å². The first kappa shape index (κ1) is 13.8. The Labute approximate surface area is 130 Å². The number of amides is 1. The van der Waals surface area contributed by atoms with E-state index in [0.29, 0.717) is 23.1 Å². The Bertz CT molecular complexity index is 658. The molecule has 5 nitrogen and oxygen atoms in total. The minimum Gasteiger partial charge on any atom is -0.388 e. The second kappa shape index (κ2) is 4.56. The van der Waals surface area contributed by atoms with Crippen LogP contribution in [0.5, 0.6) is 0 Å². The molecule has 2 aliphatic carbocycles. The number of nitrogens with zero attached hydrogens (tertiary/aromatic N) is 1.